The van der Waals surface area contributed by atoms with E-state index in [2.05, 4.69) is 5.32 Å². The zero-order chi connectivity index (χ0) is 15.5. The second kappa shape index (κ2) is 10.2. The number of hydroxylamine groups is 4. The van der Waals surface area contributed by atoms with Crippen molar-refractivity contribution in [2.75, 3.05) is 20.1 Å². The van der Waals surface area contributed by atoms with Crippen LogP contribution < -0.4 is 5.32 Å². The van der Waals surface area contributed by atoms with Crippen LogP contribution in [0.1, 0.15) is 39.0 Å². The van der Waals surface area contributed by atoms with Crippen molar-refractivity contribution in [2.24, 2.45) is 0 Å². The second-order valence-corrected chi connectivity index (χ2v) is 4.47. The fourth-order valence-electron chi connectivity index (χ4n) is 1.42. The molecule has 0 spiro atoms. The number of nitrogens with zero attached hydrogens (tertiary/aromatic N) is 2. The molecule has 0 fully saturated rings. The van der Waals surface area contributed by atoms with Crippen LogP contribution in [-0.2, 0) is 14.4 Å². The summed E-state index contributed by atoms with van der Waals surface area (Å²) in [5.41, 5.74) is 0. The molecule has 8 nitrogen and oxygen atoms in total. The first-order valence-electron chi connectivity index (χ1n) is 6.53. The summed E-state index contributed by atoms with van der Waals surface area (Å²) in [6.07, 6.45) is 2.16. The Hall–Kier alpha value is -1.67. The lowest BCUT2D eigenvalue weighted by Gasteiger charge is -2.12. The molecule has 116 valence electrons. The Morgan fingerprint density at radius 2 is 1.70 bits per heavy atom. The highest BCUT2D eigenvalue weighted by Crippen LogP contribution is 1.98. The predicted octanol–water partition coefficient (Wildman–Crippen LogP) is 0.138. The molecule has 0 heterocycles. The standard InChI is InChI=1S/C12H23N3O5/c1-10(16)15(20)9-5-3-4-8-13-11(17)6-7-12(18)14(2)19/h19-20H,3-9H2,1-2H3,(H,13,17). The van der Waals surface area contributed by atoms with E-state index in [0.717, 1.165) is 12.8 Å². The Morgan fingerprint density at radius 1 is 1.05 bits per heavy atom. The Balaban J connectivity index is 3.49. The maximum Gasteiger partial charge on any atom is 0.246 e. The summed E-state index contributed by atoms with van der Waals surface area (Å²) in [6.45, 7) is 2.04. The molecular weight excluding hydrogens is 266 g/mol. The quantitative estimate of drug-likeness (QED) is 0.318. The Bertz CT molecular complexity index is 333. The van der Waals surface area contributed by atoms with Crippen LogP contribution in [0.3, 0.4) is 0 Å². The van der Waals surface area contributed by atoms with E-state index in [0.29, 0.717) is 23.1 Å². The molecule has 0 aliphatic rings. The van der Waals surface area contributed by atoms with Gasteiger partial charge < -0.3 is 5.32 Å². The molecule has 0 radical (unpaired) electrons. The van der Waals surface area contributed by atoms with Gasteiger partial charge in [-0.1, -0.05) is 0 Å². The van der Waals surface area contributed by atoms with Gasteiger partial charge >= 0.3 is 0 Å². The van der Waals surface area contributed by atoms with Gasteiger partial charge in [-0.3, -0.25) is 24.8 Å². The first-order chi connectivity index (χ1) is 9.34. The van der Waals surface area contributed by atoms with Crippen molar-refractivity contribution in [3.63, 3.8) is 0 Å². The average molecular weight is 289 g/mol. The summed E-state index contributed by atoms with van der Waals surface area (Å²) in [5, 5.41) is 21.7. The number of hydrogen-bond donors (Lipinski definition) is 3. The van der Waals surface area contributed by atoms with E-state index in [9.17, 15) is 14.4 Å². The van der Waals surface area contributed by atoms with Gasteiger partial charge in [0.05, 0.1) is 0 Å². The van der Waals surface area contributed by atoms with Crippen LogP contribution in [0.25, 0.3) is 0 Å². The van der Waals surface area contributed by atoms with E-state index < -0.39 is 11.8 Å². The molecule has 0 aliphatic carbocycles. The van der Waals surface area contributed by atoms with Gasteiger partial charge in [0.15, 0.2) is 0 Å². The molecule has 0 atom stereocenters. The van der Waals surface area contributed by atoms with Crippen molar-refractivity contribution < 1.29 is 24.8 Å². The van der Waals surface area contributed by atoms with E-state index in [-0.39, 0.29) is 25.3 Å². The minimum atomic E-state index is -0.507. The molecule has 0 unspecified atom stereocenters. The summed E-state index contributed by atoms with van der Waals surface area (Å²) >= 11 is 0. The van der Waals surface area contributed by atoms with E-state index in [1.165, 1.54) is 14.0 Å². The molecule has 8 heteroatoms. The molecule has 0 aromatic rings. The molecular formula is C12H23N3O5. The number of carbonyl (C=O) groups excluding carboxylic acids is 3. The monoisotopic (exact) mass is 289 g/mol. The molecule has 0 rings (SSSR count). The van der Waals surface area contributed by atoms with Crippen molar-refractivity contribution >= 4 is 17.7 Å². The van der Waals surface area contributed by atoms with Gasteiger partial charge in [-0.15, -0.1) is 0 Å². The SMILES string of the molecule is CC(=O)N(O)CCCCCNC(=O)CCC(=O)N(C)O. The largest absolute Gasteiger partial charge is 0.356 e. The third-order valence-electron chi connectivity index (χ3n) is 2.66. The van der Waals surface area contributed by atoms with Gasteiger partial charge in [0.1, 0.15) is 0 Å². The van der Waals surface area contributed by atoms with Gasteiger partial charge in [0.25, 0.3) is 0 Å². The Morgan fingerprint density at radius 3 is 2.25 bits per heavy atom. The summed E-state index contributed by atoms with van der Waals surface area (Å²) in [5.74, 6) is -1.14. The number of nitrogens with one attached hydrogen (secondary N) is 1. The molecule has 0 saturated heterocycles. The van der Waals surface area contributed by atoms with Gasteiger partial charge in [-0.25, -0.2) is 10.1 Å². The van der Waals surface area contributed by atoms with Crippen LogP contribution in [0.15, 0.2) is 0 Å². The minimum Gasteiger partial charge on any atom is -0.356 e. The number of hydrogen-bond acceptors (Lipinski definition) is 5. The fourth-order valence-corrected chi connectivity index (χ4v) is 1.42. The van der Waals surface area contributed by atoms with Crippen LogP contribution in [0, 0.1) is 0 Å². The predicted molar refractivity (Wildman–Crippen MR) is 69.8 cm³/mol. The maximum absolute atomic E-state index is 11.3. The smallest absolute Gasteiger partial charge is 0.246 e. The third kappa shape index (κ3) is 9.29. The number of unbranched alkanes of at least 4 members (excludes halogenated alkanes) is 2. The summed E-state index contributed by atoms with van der Waals surface area (Å²) in [7, 11) is 1.21. The maximum atomic E-state index is 11.3. The number of rotatable bonds is 9. The molecule has 3 amide bonds. The fraction of sp³-hybridized carbons (Fsp3) is 0.750. The average Bonchev–Trinajstić information content (AvgIpc) is 2.39. The minimum absolute atomic E-state index is 0.0308. The van der Waals surface area contributed by atoms with Gasteiger partial charge in [-0.05, 0) is 19.3 Å². The van der Waals surface area contributed by atoms with Gasteiger partial charge in [-0.2, -0.15) is 0 Å². The highest BCUT2D eigenvalue weighted by molar-refractivity contribution is 5.83. The van der Waals surface area contributed by atoms with Crippen LogP contribution >= 0.6 is 0 Å². The summed E-state index contributed by atoms with van der Waals surface area (Å²) in [4.78, 5) is 33.1. The number of amides is 3. The highest BCUT2D eigenvalue weighted by Gasteiger charge is 2.09. The van der Waals surface area contributed by atoms with Crippen molar-refractivity contribution in [1.82, 2.24) is 15.4 Å². The van der Waals surface area contributed by atoms with E-state index in [4.69, 9.17) is 10.4 Å². The summed E-state index contributed by atoms with van der Waals surface area (Å²) < 4.78 is 0. The van der Waals surface area contributed by atoms with Crippen LogP contribution in [0.5, 0.6) is 0 Å². The van der Waals surface area contributed by atoms with Crippen molar-refractivity contribution in [2.45, 2.75) is 39.0 Å². The topological polar surface area (TPSA) is 110 Å². The third-order valence-corrected chi connectivity index (χ3v) is 2.66. The van der Waals surface area contributed by atoms with Crippen LogP contribution in [0.4, 0.5) is 0 Å². The molecule has 3 N–H and O–H groups in total. The lowest BCUT2D eigenvalue weighted by molar-refractivity contribution is -0.162. The lowest BCUT2D eigenvalue weighted by Crippen LogP contribution is -2.28. The van der Waals surface area contributed by atoms with Crippen molar-refractivity contribution in [1.29, 1.82) is 0 Å². The Labute approximate surface area is 118 Å². The van der Waals surface area contributed by atoms with Crippen molar-refractivity contribution in [3.8, 4) is 0 Å². The molecule has 0 saturated carbocycles. The Kier molecular flexibility index (Phi) is 9.31. The number of carbonyl (C=O) groups is 3. The molecule has 20 heavy (non-hydrogen) atoms. The molecule has 0 bridgehead atoms. The van der Waals surface area contributed by atoms with E-state index >= 15 is 0 Å². The van der Waals surface area contributed by atoms with Crippen LogP contribution in [-0.4, -0.2) is 58.4 Å². The van der Waals surface area contributed by atoms with E-state index in [1.807, 2.05) is 0 Å². The first-order valence-corrected chi connectivity index (χ1v) is 6.53. The summed E-state index contributed by atoms with van der Waals surface area (Å²) in [6, 6.07) is 0. The van der Waals surface area contributed by atoms with Gasteiger partial charge in [0.2, 0.25) is 17.7 Å². The van der Waals surface area contributed by atoms with Gasteiger partial charge in [0, 0.05) is 39.9 Å². The second-order valence-electron chi connectivity index (χ2n) is 4.47. The first kappa shape index (κ1) is 18.3. The molecule has 0 aromatic heterocycles. The lowest BCUT2D eigenvalue weighted by atomic mass is 10.2. The van der Waals surface area contributed by atoms with Crippen LogP contribution in [0.2, 0.25) is 0 Å². The zero-order valence-corrected chi connectivity index (χ0v) is 12.0. The van der Waals surface area contributed by atoms with E-state index in [1.54, 1.807) is 0 Å². The molecule has 0 aromatic carbocycles. The molecule has 0 aliphatic heterocycles. The zero-order valence-electron chi connectivity index (χ0n) is 12.0. The van der Waals surface area contributed by atoms with Crippen molar-refractivity contribution in [3.05, 3.63) is 0 Å². The normalized spacial score (nSPS) is 10.0. The highest BCUT2D eigenvalue weighted by atomic mass is 16.5.